The van der Waals surface area contributed by atoms with E-state index in [4.69, 9.17) is 9.73 Å². The summed E-state index contributed by atoms with van der Waals surface area (Å²) in [4.78, 5) is 6.96. The summed E-state index contributed by atoms with van der Waals surface area (Å²) < 4.78 is 6.13. The van der Waals surface area contributed by atoms with Crippen LogP contribution in [0.1, 0.15) is 30.0 Å². The van der Waals surface area contributed by atoms with Crippen LogP contribution in [-0.2, 0) is 4.74 Å². The zero-order chi connectivity index (χ0) is 34.4. The van der Waals surface area contributed by atoms with Gasteiger partial charge in [-0.1, -0.05) is 136 Å². The van der Waals surface area contributed by atoms with E-state index in [-0.39, 0.29) is 12.0 Å². The van der Waals surface area contributed by atoms with Gasteiger partial charge < -0.3 is 15.0 Å². The Balaban J connectivity index is 1.23. The molecule has 0 spiro atoms. The van der Waals surface area contributed by atoms with Gasteiger partial charge in [0.15, 0.2) is 0 Å². The summed E-state index contributed by atoms with van der Waals surface area (Å²) in [6.07, 6.45) is 39.4. The molecule has 3 aliphatic rings. The number of allylic oxidation sites excluding steroid dienone is 18. The zero-order valence-corrected chi connectivity index (χ0v) is 28.5. The summed E-state index contributed by atoms with van der Waals surface area (Å²) in [7, 11) is 1.93. The van der Waals surface area contributed by atoms with Crippen molar-refractivity contribution in [2.75, 3.05) is 23.8 Å². The Morgan fingerprint density at radius 1 is 1.02 bits per heavy atom. The number of hydrogen-bond acceptors (Lipinski definition) is 4. The predicted molar refractivity (Wildman–Crippen MR) is 213 cm³/mol. The molecule has 1 aliphatic carbocycles. The Morgan fingerprint density at radius 3 is 2.69 bits per heavy atom. The van der Waals surface area contributed by atoms with Crippen LogP contribution in [0.15, 0.2) is 194 Å². The Morgan fingerprint density at radius 2 is 1.90 bits per heavy atom. The highest BCUT2D eigenvalue weighted by molar-refractivity contribution is 6.12. The first-order chi connectivity index (χ1) is 24.0. The average Bonchev–Trinajstić information content (AvgIpc) is 3.66. The van der Waals surface area contributed by atoms with Gasteiger partial charge in [0.1, 0.15) is 11.9 Å². The van der Waals surface area contributed by atoms with Gasteiger partial charge in [-0.05, 0) is 65.6 Å². The molecule has 2 atom stereocenters. The van der Waals surface area contributed by atoms with Crippen molar-refractivity contribution in [3.8, 4) is 0 Å². The number of benzene rings is 2. The van der Waals surface area contributed by atoms with E-state index in [2.05, 4.69) is 97.7 Å². The molecule has 2 aliphatic heterocycles. The highest BCUT2D eigenvalue weighted by Gasteiger charge is 2.31. The van der Waals surface area contributed by atoms with Crippen molar-refractivity contribution in [3.05, 3.63) is 206 Å². The van der Waals surface area contributed by atoms with Crippen molar-refractivity contribution < 1.29 is 4.74 Å². The molecule has 2 aromatic rings. The fourth-order valence-electron chi connectivity index (χ4n) is 5.68. The fraction of sp³-hybridized carbons (Fsp3) is 0.133. The van der Waals surface area contributed by atoms with Crippen molar-refractivity contribution in [1.29, 1.82) is 0 Å². The number of rotatable bonds is 13. The smallest absolute Gasteiger partial charge is 0.126 e. The molecular weight excluding hydrogens is 599 g/mol. The molecule has 2 unspecified atom stereocenters. The van der Waals surface area contributed by atoms with E-state index in [1.165, 1.54) is 11.1 Å². The molecule has 246 valence electrons. The number of aliphatic imine (C=N–C) groups is 1. The van der Waals surface area contributed by atoms with E-state index < -0.39 is 0 Å². The van der Waals surface area contributed by atoms with Crippen LogP contribution < -0.4 is 10.2 Å². The summed E-state index contributed by atoms with van der Waals surface area (Å²) in [6.45, 7) is 15.2. The Hall–Kier alpha value is -5.87. The zero-order valence-electron chi connectivity index (χ0n) is 28.5. The lowest BCUT2D eigenvalue weighted by Crippen LogP contribution is -2.33. The van der Waals surface area contributed by atoms with Gasteiger partial charge in [-0.3, -0.25) is 4.99 Å². The van der Waals surface area contributed by atoms with Gasteiger partial charge in [-0.15, -0.1) is 0 Å². The van der Waals surface area contributed by atoms with Gasteiger partial charge in [-0.25, -0.2) is 0 Å². The maximum Gasteiger partial charge on any atom is 0.126 e. The minimum Gasteiger partial charge on any atom is -0.490 e. The van der Waals surface area contributed by atoms with Gasteiger partial charge in [-0.2, -0.15) is 0 Å². The molecular formula is C45H45N3O. The summed E-state index contributed by atoms with van der Waals surface area (Å²) in [5, 5.41) is 3.27. The lowest BCUT2D eigenvalue weighted by Gasteiger charge is -2.35. The highest BCUT2D eigenvalue weighted by Crippen LogP contribution is 2.36. The molecule has 1 fully saturated rings. The van der Waals surface area contributed by atoms with Crippen LogP contribution in [0.3, 0.4) is 0 Å². The molecule has 0 bridgehead atoms. The molecule has 1 saturated heterocycles. The molecule has 0 radical (unpaired) electrons. The first-order valence-corrected chi connectivity index (χ1v) is 16.7. The molecule has 49 heavy (non-hydrogen) atoms. The third-order valence-corrected chi connectivity index (χ3v) is 8.46. The van der Waals surface area contributed by atoms with E-state index >= 15 is 0 Å². The first-order valence-electron chi connectivity index (χ1n) is 16.7. The third-order valence-electron chi connectivity index (χ3n) is 8.46. The molecule has 0 aromatic heterocycles. The van der Waals surface area contributed by atoms with Crippen LogP contribution in [0.25, 0.3) is 11.1 Å². The lowest BCUT2D eigenvalue weighted by atomic mass is 9.95. The van der Waals surface area contributed by atoms with E-state index in [0.29, 0.717) is 6.54 Å². The molecule has 1 N–H and O–H groups in total. The maximum absolute atomic E-state index is 6.13. The maximum atomic E-state index is 6.13. The summed E-state index contributed by atoms with van der Waals surface area (Å²) in [6, 6.07) is 14.8. The van der Waals surface area contributed by atoms with Crippen LogP contribution in [-0.4, -0.2) is 25.4 Å². The second-order valence-corrected chi connectivity index (χ2v) is 11.8. The minimum absolute atomic E-state index is 0.0110. The van der Waals surface area contributed by atoms with Gasteiger partial charge in [0, 0.05) is 35.8 Å². The van der Waals surface area contributed by atoms with E-state index in [1.807, 2.05) is 98.2 Å². The Kier molecular flexibility index (Phi) is 12.2. The van der Waals surface area contributed by atoms with Crippen molar-refractivity contribution >= 4 is 28.2 Å². The molecule has 4 nitrogen and oxygen atoms in total. The fourth-order valence-corrected chi connectivity index (χ4v) is 5.68. The third kappa shape index (κ3) is 8.94. The normalized spacial score (nSPS) is 21.3. The van der Waals surface area contributed by atoms with E-state index in [9.17, 15) is 0 Å². The van der Waals surface area contributed by atoms with E-state index in [0.717, 1.165) is 51.7 Å². The largest absolute Gasteiger partial charge is 0.490 e. The molecule has 2 heterocycles. The minimum atomic E-state index is 0.0110. The average molecular weight is 644 g/mol. The molecule has 4 heteroatoms. The van der Waals surface area contributed by atoms with Crippen molar-refractivity contribution in [1.82, 2.24) is 0 Å². The predicted octanol–water partition coefficient (Wildman–Crippen LogP) is 10.9. The summed E-state index contributed by atoms with van der Waals surface area (Å²) >= 11 is 0. The number of para-hydroxylation sites is 1. The molecule has 0 saturated carbocycles. The van der Waals surface area contributed by atoms with Gasteiger partial charge >= 0.3 is 0 Å². The lowest BCUT2D eigenvalue weighted by molar-refractivity contribution is -0.000497. The monoisotopic (exact) mass is 643 g/mol. The molecule has 5 rings (SSSR count). The van der Waals surface area contributed by atoms with Crippen molar-refractivity contribution in [2.24, 2.45) is 10.9 Å². The van der Waals surface area contributed by atoms with Crippen LogP contribution >= 0.6 is 0 Å². The van der Waals surface area contributed by atoms with Crippen LogP contribution in [0, 0.1) is 5.92 Å². The number of hydrogen-bond donors (Lipinski definition) is 1. The summed E-state index contributed by atoms with van der Waals surface area (Å²) in [5.41, 5.74) is 9.47. The molecule has 2 aromatic carbocycles. The van der Waals surface area contributed by atoms with Gasteiger partial charge in [0.05, 0.1) is 23.9 Å². The number of nitrogens with zero attached hydrogens (tertiary/aromatic N) is 2. The van der Waals surface area contributed by atoms with Crippen molar-refractivity contribution in [2.45, 2.75) is 19.4 Å². The Labute approximate surface area is 292 Å². The standard InChI is InChI=1S/C45H45N3O/c1-6-7-8-9-17-31-47-42(40-24-12-13-25-41(40)46-5)26-14-15-27-44-36(4)45(49-44)28-19-21-35(3)48-32-18-16-20-34(2)39-30-29-38(33-43(39)48)37-22-10-11-23-37/h6-22,24-30,32-33,36,44,46H,1-3,23,31H2,4-5H3/b8-7-,17-9?,20-16-,21-19-,26-14+,27-15-,32-18-,45-28-,47-42?. The number of nitrogens with one attached hydrogen (secondary N) is 1. The topological polar surface area (TPSA) is 36.9 Å². The van der Waals surface area contributed by atoms with Crippen LogP contribution in [0.4, 0.5) is 11.4 Å². The van der Waals surface area contributed by atoms with Crippen LogP contribution in [0.5, 0.6) is 0 Å². The number of fused-ring (bicyclic) bond motifs is 1. The van der Waals surface area contributed by atoms with Crippen molar-refractivity contribution in [3.63, 3.8) is 0 Å². The van der Waals surface area contributed by atoms with Crippen LogP contribution in [0.2, 0.25) is 0 Å². The van der Waals surface area contributed by atoms with Gasteiger partial charge in [0.2, 0.25) is 0 Å². The second kappa shape index (κ2) is 17.3. The first kappa shape index (κ1) is 34.5. The summed E-state index contributed by atoms with van der Waals surface area (Å²) in [5.74, 6) is 1.22. The number of ether oxygens (including phenoxy) is 1. The number of anilines is 2. The second-order valence-electron chi connectivity index (χ2n) is 11.8. The van der Waals surface area contributed by atoms with Gasteiger partial charge in [0.25, 0.3) is 0 Å². The molecule has 0 amide bonds. The quantitative estimate of drug-likeness (QED) is 0.174. The Bertz CT molecular complexity index is 1900. The highest BCUT2D eigenvalue weighted by atomic mass is 16.5. The van der Waals surface area contributed by atoms with E-state index in [1.54, 1.807) is 6.08 Å². The SMILES string of the molecule is C=C/C=C\C=CCN=C(/C=C/C=C\C1O/C(=C\C=C/C(=C)N2/C=C\C=C/C(=C)c3ccc(C4=CC=CC4)cc32)C1C)c1ccccc1NC.